The fourth-order valence-electron chi connectivity index (χ4n) is 4.26. The van der Waals surface area contributed by atoms with Crippen LogP contribution in [0.2, 0.25) is 10.0 Å². The molecular weight excluding hydrogens is 587 g/mol. The van der Waals surface area contributed by atoms with E-state index in [0.29, 0.717) is 41.5 Å². The lowest BCUT2D eigenvalue weighted by atomic mass is 9.94. The summed E-state index contributed by atoms with van der Waals surface area (Å²) in [4.78, 5) is 38.8. The van der Waals surface area contributed by atoms with E-state index < -0.39 is 12.0 Å². The molecule has 2 amide bonds. The Labute approximate surface area is 231 Å². The quantitative estimate of drug-likeness (QED) is 0.297. The summed E-state index contributed by atoms with van der Waals surface area (Å²) in [5.41, 5.74) is 1.39. The maximum atomic E-state index is 12.9. The van der Waals surface area contributed by atoms with Crippen LogP contribution in [0.3, 0.4) is 0 Å². The fourth-order valence-corrected chi connectivity index (χ4v) is 6.11. The Morgan fingerprint density at radius 2 is 1.92 bits per heavy atom. The topological polar surface area (TPSA) is 86.7 Å². The van der Waals surface area contributed by atoms with Gasteiger partial charge in [-0.3, -0.25) is 14.4 Å². The van der Waals surface area contributed by atoms with Crippen LogP contribution >= 0.6 is 50.5 Å². The number of nitrogens with zero attached hydrogens (tertiary/aromatic N) is 1. The number of carboxylic acids is 1. The number of aliphatic carboxylic acids is 1. The lowest BCUT2D eigenvalue weighted by Crippen LogP contribution is -2.43. The van der Waals surface area contributed by atoms with Crippen LogP contribution in [-0.4, -0.2) is 40.9 Å². The molecule has 0 radical (unpaired) electrons. The number of carboxylic acid groups (broad SMARTS) is 1. The summed E-state index contributed by atoms with van der Waals surface area (Å²) in [7, 11) is 0. The standard InChI is InChI=1S/C26H23BrCl2N2O4S/c27-19-3-1-2-16(13-19)20(14-22(33)34)30-26(35)15-6-9-31(10-7-15)21(32)5-4-17-12-18-8-11-36-25(18)24(29)23(17)28/h1-5,8,11-13,15,20H,6-7,9-10,14H2,(H,30,35)(H,33,34). The van der Waals surface area contributed by atoms with Crippen LogP contribution < -0.4 is 5.32 Å². The maximum Gasteiger partial charge on any atom is 0.305 e. The number of amides is 2. The van der Waals surface area contributed by atoms with Gasteiger partial charge in [-0.25, -0.2) is 0 Å². The van der Waals surface area contributed by atoms with Gasteiger partial charge in [0.15, 0.2) is 0 Å². The van der Waals surface area contributed by atoms with E-state index >= 15 is 0 Å². The summed E-state index contributed by atoms with van der Waals surface area (Å²) in [6, 6.07) is 10.5. The Balaban J connectivity index is 1.35. The number of benzene rings is 2. The van der Waals surface area contributed by atoms with E-state index in [-0.39, 0.29) is 24.2 Å². The predicted octanol–water partition coefficient (Wildman–Crippen LogP) is 6.55. The molecule has 2 aromatic carbocycles. The highest BCUT2D eigenvalue weighted by Crippen LogP contribution is 2.37. The molecule has 4 rings (SSSR count). The van der Waals surface area contributed by atoms with Gasteiger partial charge in [-0.2, -0.15) is 0 Å². The number of nitrogens with one attached hydrogen (secondary N) is 1. The number of rotatable bonds is 7. The summed E-state index contributed by atoms with van der Waals surface area (Å²) in [6.45, 7) is 0.861. The molecule has 1 aliphatic rings. The van der Waals surface area contributed by atoms with E-state index in [4.69, 9.17) is 23.2 Å². The Morgan fingerprint density at radius 1 is 1.17 bits per heavy atom. The monoisotopic (exact) mass is 608 g/mol. The Morgan fingerprint density at radius 3 is 2.61 bits per heavy atom. The molecule has 6 nitrogen and oxygen atoms in total. The van der Waals surface area contributed by atoms with E-state index in [2.05, 4.69) is 21.2 Å². The first-order valence-corrected chi connectivity index (χ1v) is 13.8. The second-order valence-corrected chi connectivity index (χ2v) is 11.2. The van der Waals surface area contributed by atoms with Crippen LogP contribution in [0.1, 0.15) is 36.4 Å². The van der Waals surface area contributed by atoms with Gasteiger partial charge in [-0.05, 0) is 65.1 Å². The molecule has 1 fully saturated rings. The lowest BCUT2D eigenvalue weighted by molar-refractivity contribution is -0.138. The van der Waals surface area contributed by atoms with Gasteiger partial charge >= 0.3 is 5.97 Å². The molecule has 2 heterocycles. The lowest BCUT2D eigenvalue weighted by Gasteiger charge is -2.31. The molecule has 0 bridgehead atoms. The van der Waals surface area contributed by atoms with Crippen molar-refractivity contribution >= 4 is 84.4 Å². The average molecular weight is 610 g/mol. The van der Waals surface area contributed by atoms with Crippen molar-refractivity contribution in [2.75, 3.05) is 13.1 Å². The highest BCUT2D eigenvalue weighted by atomic mass is 79.9. The Hall–Kier alpha value is -2.39. The molecule has 1 saturated heterocycles. The third-order valence-electron chi connectivity index (χ3n) is 6.18. The van der Waals surface area contributed by atoms with Gasteiger partial charge in [0.1, 0.15) is 0 Å². The van der Waals surface area contributed by atoms with Crippen molar-refractivity contribution in [3.05, 3.63) is 73.5 Å². The molecule has 1 atom stereocenters. The number of hydrogen-bond donors (Lipinski definition) is 2. The van der Waals surface area contributed by atoms with Gasteiger partial charge in [-0.15, -0.1) is 11.3 Å². The van der Waals surface area contributed by atoms with Crippen molar-refractivity contribution in [3.63, 3.8) is 0 Å². The summed E-state index contributed by atoms with van der Waals surface area (Å²) < 4.78 is 1.72. The zero-order valence-electron chi connectivity index (χ0n) is 19.0. The van der Waals surface area contributed by atoms with Gasteiger partial charge in [0.25, 0.3) is 0 Å². The molecule has 1 aromatic heterocycles. The van der Waals surface area contributed by atoms with Gasteiger partial charge in [0.2, 0.25) is 11.8 Å². The van der Waals surface area contributed by atoms with E-state index in [9.17, 15) is 19.5 Å². The summed E-state index contributed by atoms with van der Waals surface area (Å²) in [5, 5.41) is 16.0. The smallest absolute Gasteiger partial charge is 0.305 e. The van der Waals surface area contributed by atoms with Gasteiger partial charge in [0, 0.05) is 29.6 Å². The van der Waals surface area contributed by atoms with Gasteiger partial charge in [-0.1, -0.05) is 51.3 Å². The van der Waals surface area contributed by atoms with Crippen LogP contribution in [0.25, 0.3) is 16.2 Å². The zero-order chi connectivity index (χ0) is 25.8. The molecule has 10 heteroatoms. The first-order valence-electron chi connectivity index (χ1n) is 11.3. The molecule has 3 aromatic rings. The number of hydrogen-bond acceptors (Lipinski definition) is 4. The second-order valence-electron chi connectivity index (χ2n) is 8.58. The highest BCUT2D eigenvalue weighted by molar-refractivity contribution is 9.10. The van der Waals surface area contributed by atoms with Crippen LogP contribution in [0.15, 0.2) is 52.3 Å². The van der Waals surface area contributed by atoms with Crippen molar-refractivity contribution in [2.24, 2.45) is 5.92 Å². The third-order valence-corrected chi connectivity index (χ3v) is 8.62. The van der Waals surface area contributed by atoms with E-state index in [1.54, 1.807) is 29.2 Å². The minimum atomic E-state index is -0.994. The zero-order valence-corrected chi connectivity index (χ0v) is 23.0. The molecule has 0 spiro atoms. The van der Waals surface area contributed by atoms with Crippen LogP contribution in [0, 0.1) is 5.92 Å². The van der Waals surface area contributed by atoms with Crippen molar-refractivity contribution in [1.29, 1.82) is 0 Å². The van der Waals surface area contributed by atoms with E-state index in [1.807, 2.05) is 23.6 Å². The first kappa shape index (κ1) is 26.7. The minimum Gasteiger partial charge on any atom is -0.481 e. The number of fused-ring (bicyclic) bond motifs is 1. The third kappa shape index (κ3) is 6.29. The van der Waals surface area contributed by atoms with Crippen LogP contribution in [0.5, 0.6) is 0 Å². The van der Waals surface area contributed by atoms with Crippen molar-refractivity contribution in [3.8, 4) is 0 Å². The number of carbonyl (C=O) groups excluding carboxylic acids is 2. The van der Waals surface area contributed by atoms with E-state index in [1.165, 1.54) is 17.4 Å². The van der Waals surface area contributed by atoms with Crippen molar-refractivity contribution in [1.82, 2.24) is 10.2 Å². The van der Waals surface area contributed by atoms with Crippen molar-refractivity contribution < 1.29 is 19.5 Å². The molecule has 1 aliphatic heterocycles. The van der Waals surface area contributed by atoms with Crippen LogP contribution in [0.4, 0.5) is 0 Å². The number of likely N-dealkylation sites (tertiary alicyclic amines) is 1. The molecular formula is C26H23BrCl2N2O4S. The van der Waals surface area contributed by atoms with Gasteiger partial charge in [0.05, 0.1) is 27.2 Å². The van der Waals surface area contributed by atoms with Crippen molar-refractivity contribution in [2.45, 2.75) is 25.3 Å². The molecule has 1 unspecified atom stereocenters. The average Bonchev–Trinajstić information content (AvgIpc) is 3.33. The van der Waals surface area contributed by atoms with Gasteiger partial charge < -0.3 is 15.3 Å². The largest absolute Gasteiger partial charge is 0.481 e. The molecule has 0 saturated carbocycles. The SMILES string of the molecule is O=C(O)CC(NC(=O)C1CCN(C(=O)C=Cc2cc3ccsc3c(Cl)c2Cl)CC1)c1cccc(Br)c1. The predicted molar refractivity (Wildman–Crippen MR) is 147 cm³/mol. The molecule has 2 N–H and O–H groups in total. The summed E-state index contributed by atoms with van der Waals surface area (Å²) in [6.07, 6.45) is 3.93. The number of carbonyl (C=O) groups is 3. The number of thiophene rings is 1. The Kier molecular flexibility index (Phi) is 8.72. The molecule has 188 valence electrons. The maximum absolute atomic E-state index is 12.9. The highest BCUT2D eigenvalue weighted by Gasteiger charge is 2.29. The number of piperidine rings is 1. The summed E-state index contributed by atoms with van der Waals surface area (Å²) in [5.74, 6) is -1.65. The second kappa shape index (κ2) is 11.8. The number of halogens is 3. The Bertz CT molecular complexity index is 1330. The molecule has 36 heavy (non-hydrogen) atoms. The fraction of sp³-hybridized carbons (Fsp3) is 0.269. The van der Waals surface area contributed by atoms with E-state index in [0.717, 1.165) is 20.1 Å². The minimum absolute atomic E-state index is 0.163. The first-order chi connectivity index (χ1) is 17.2. The normalized spacial score (nSPS) is 15.4. The van der Waals surface area contributed by atoms with Crippen LogP contribution in [-0.2, 0) is 14.4 Å². The summed E-state index contributed by atoms with van der Waals surface area (Å²) >= 11 is 17.7. The molecule has 0 aliphatic carbocycles.